The number of carbonyl (C=O) groups excluding carboxylic acids is 1. The molecule has 1 aliphatic heterocycles. The second-order valence-electron chi connectivity index (χ2n) is 6.26. The first kappa shape index (κ1) is 19.1. The SMILES string of the molecule is CCOC(=O)C(C)Oc1ccc(OC2=CN(C)C3C=CC(Cl)=CC3=C2)cc1. The van der Waals surface area contributed by atoms with Crippen LogP contribution in [0.5, 0.6) is 11.5 Å². The molecule has 6 heteroatoms. The number of carbonyl (C=O) groups is 1. The lowest BCUT2D eigenvalue weighted by atomic mass is 9.98. The van der Waals surface area contributed by atoms with E-state index in [1.807, 2.05) is 31.5 Å². The zero-order valence-corrected chi connectivity index (χ0v) is 16.3. The number of hydrogen-bond donors (Lipinski definition) is 0. The minimum Gasteiger partial charge on any atom is -0.479 e. The molecule has 0 fully saturated rings. The first-order valence-corrected chi connectivity index (χ1v) is 9.16. The fourth-order valence-corrected chi connectivity index (χ4v) is 3.06. The Morgan fingerprint density at radius 3 is 2.63 bits per heavy atom. The molecule has 0 radical (unpaired) electrons. The highest BCUT2D eigenvalue weighted by Gasteiger charge is 2.22. The van der Waals surface area contributed by atoms with Crippen molar-refractivity contribution in [1.29, 1.82) is 0 Å². The third-order valence-electron chi connectivity index (χ3n) is 4.15. The number of hydrogen-bond acceptors (Lipinski definition) is 5. The van der Waals surface area contributed by atoms with Crippen LogP contribution in [0.25, 0.3) is 0 Å². The summed E-state index contributed by atoms with van der Waals surface area (Å²) < 4.78 is 16.5. The van der Waals surface area contributed by atoms with Crippen molar-refractivity contribution in [3.8, 4) is 11.5 Å². The van der Waals surface area contributed by atoms with Gasteiger partial charge in [0.1, 0.15) is 17.3 Å². The van der Waals surface area contributed by atoms with Crippen LogP contribution < -0.4 is 9.47 Å². The molecule has 0 saturated carbocycles. The van der Waals surface area contributed by atoms with Crippen molar-refractivity contribution in [2.75, 3.05) is 13.7 Å². The Labute approximate surface area is 164 Å². The van der Waals surface area contributed by atoms with Gasteiger partial charge < -0.3 is 19.1 Å². The molecule has 0 spiro atoms. The Morgan fingerprint density at radius 1 is 1.22 bits per heavy atom. The highest BCUT2D eigenvalue weighted by Crippen LogP contribution is 2.29. The monoisotopic (exact) mass is 387 g/mol. The third kappa shape index (κ3) is 4.74. The van der Waals surface area contributed by atoms with E-state index in [0.29, 0.717) is 28.9 Å². The lowest BCUT2D eigenvalue weighted by molar-refractivity contribution is -0.150. The van der Waals surface area contributed by atoms with E-state index in [2.05, 4.69) is 11.0 Å². The van der Waals surface area contributed by atoms with E-state index in [1.54, 1.807) is 38.1 Å². The van der Waals surface area contributed by atoms with Gasteiger partial charge in [-0.25, -0.2) is 4.79 Å². The molecular weight excluding hydrogens is 366 g/mol. The van der Waals surface area contributed by atoms with Crippen LogP contribution in [0.1, 0.15) is 13.8 Å². The van der Waals surface area contributed by atoms with Gasteiger partial charge in [-0.15, -0.1) is 0 Å². The lowest BCUT2D eigenvalue weighted by Gasteiger charge is -2.31. The number of rotatable bonds is 6. The van der Waals surface area contributed by atoms with E-state index in [-0.39, 0.29) is 12.0 Å². The topological polar surface area (TPSA) is 48.0 Å². The van der Waals surface area contributed by atoms with Gasteiger partial charge in [-0.1, -0.05) is 17.7 Å². The third-order valence-corrected chi connectivity index (χ3v) is 4.39. The summed E-state index contributed by atoms with van der Waals surface area (Å²) in [7, 11) is 1.99. The summed E-state index contributed by atoms with van der Waals surface area (Å²) in [4.78, 5) is 13.7. The standard InChI is InChI=1S/C21H22ClNO4/c1-4-25-21(24)14(2)26-17-6-8-18(9-7-17)27-19-12-15-11-16(22)5-10-20(15)23(3)13-19/h5-14,20H,4H2,1-3H3. The average molecular weight is 388 g/mol. The van der Waals surface area contributed by atoms with Crippen molar-refractivity contribution in [1.82, 2.24) is 4.90 Å². The van der Waals surface area contributed by atoms with Gasteiger partial charge in [0.15, 0.2) is 6.10 Å². The van der Waals surface area contributed by atoms with Crippen LogP contribution in [0.15, 0.2) is 71.1 Å². The molecule has 0 bridgehead atoms. The summed E-state index contributed by atoms with van der Waals surface area (Å²) in [5, 5.41) is 0.698. The molecule has 1 aromatic rings. The number of allylic oxidation sites excluding steroid dienone is 3. The normalized spacial score (nSPS) is 19.3. The predicted octanol–water partition coefficient (Wildman–Crippen LogP) is 4.17. The maximum atomic E-state index is 11.6. The Bertz CT molecular complexity index is 823. The van der Waals surface area contributed by atoms with Crippen LogP contribution in [-0.4, -0.2) is 36.7 Å². The number of nitrogens with zero attached hydrogens (tertiary/aromatic N) is 1. The Kier molecular flexibility index (Phi) is 5.91. The molecule has 0 N–H and O–H groups in total. The fraction of sp³-hybridized carbons (Fsp3) is 0.286. The maximum Gasteiger partial charge on any atom is 0.347 e. The Balaban J connectivity index is 1.65. The first-order valence-electron chi connectivity index (χ1n) is 8.78. The Morgan fingerprint density at radius 2 is 1.93 bits per heavy atom. The average Bonchev–Trinajstić information content (AvgIpc) is 2.63. The zero-order valence-electron chi connectivity index (χ0n) is 15.5. The molecule has 0 amide bonds. The van der Waals surface area contributed by atoms with Gasteiger partial charge >= 0.3 is 5.97 Å². The van der Waals surface area contributed by atoms with Crippen LogP contribution in [-0.2, 0) is 9.53 Å². The molecule has 142 valence electrons. The van der Waals surface area contributed by atoms with E-state index >= 15 is 0 Å². The van der Waals surface area contributed by atoms with Crippen molar-refractivity contribution in [3.05, 3.63) is 71.1 Å². The van der Waals surface area contributed by atoms with E-state index in [9.17, 15) is 4.79 Å². The largest absolute Gasteiger partial charge is 0.479 e. The molecule has 27 heavy (non-hydrogen) atoms. The quantitative estimate of drug-likeness (QED) is 0.685. The molecule has 1 heterocycles. The number of halogens is 1. The zero-order chi connectivity index (χ0) is 19.4. The molecule has 0 saturated heterocycles. The van der Waals surface area contributed by atoms with Gasteiger partial charge in [-0.3, -0.25) is 0 Å². The number of ether oxygens (including phenoxy) is 3. The van der Waals surface area contributed by atoms with Crippen molar-refractivity contribution >= 4 is 17.6 Å². The molecule has 1 aliphatic carbocycles. The van der Waals surface area contributed by atoms with E-state index < -0.39 is 6.10 Å². The van der Waals surface area contributed by atoms with Gasteiger partial charge in [0.25, 0.3) is 0 Å². The highest BCUT2D eigenvalue weighted by atomic mass is 35.5. The summed E-state index contributed by atoms with van der Waals surface area (Å²) in [6.07, 6.45) is 9.15. The van der Waals surface area contributed by atoms with E-state index in [1.165, 1.54) is 0 Å². The summed E-state index contributed by atoms with van der Waals surface area (Å²) >= 11 is 6.10. The smallest absolute Gasteiger partial charge is 0.347 e. The molecule has 2 unspecified atom stereocenters. The van der Waals surface area contributed by atoms with Crippen molar-refractivity contribution in [2.24, 2.45) is 0 Å². The van der Waals surface area contributed by atoms with Crippen molar-refractivity contribution < 1.29 is 19.0 Å². The van der Waals surface area contributed by atoms with Gasteiger partial charge in [0, 0.05) is 18.3 Å². The minimum atomic E-state index is -0.663. The molecule has 2 aliphatic rings. The lowest BCUT2D eigenvalue weighted by Crippen LogP contribution is -2.31. The van der Waals surface area contributed by atoms with Crippen LogP contribution in [0, 0.1) is 0 Å². The van der Waals surface area contributed by atoms with Crippen LogP contribution in [0.2, 0.25) is 0 Å². The van der Waals surface area contributed by atoms with Gasteiger partial charge in [0.2, 0.25) is 0 Å². The second kappa shape index (κ2) is 8.35. The molecule has 0 aromatic heterocycles. The minimum absolute atomic E-state index is 0.167. The van der Waals surface area contributed by atoms with Crippen molar-refractivity contribution in [2.45, 2.75) is 26.0 Å². The van der Waals surface area contributed by atoms with Crippen LogP contribution in [0.3, 0.4) is 0 Å². The second-order valence-corrected chi connectivity index (χ2v) is 6.70. The van der Waals surface area contributed by atoms with E-state index in [0.717, 1.165) is 5.57 Å². The van der Waals surface area contributed by atoms with Gasteiger partial charge in [0.05, 0.1) is 12.6 Å². The Hall–Kier alpha value is -2.66. The summed E-state index contributed by atoms with van der Waals surface area (Å²) in [5.41, 5.74) is 1.07. The molecule has 2 atom stereocenters. The molecule has 5 nitrogen and oxygen atoms in total. The summed E-state index contributed by atoms with van der Waals surface area (Å²) in [6.45, 7) is 3.75. The van der Waals surface area contributed by atoms with Crippen LogP contribution in [0.4, 0.5) is 0 Å². The number of likely N-dealkylation sites (N-methyl/N-ethyl adjacent to an activating group) is 1. The van der Waals surface area contributed by atoms with E-state index in [4.69, 9.17) is 25.8 Å². The molecular formula is C21H22ClNO4. The number of esters is 1. The maximum absolute atomic E-state index is 11.6. The number of benzene rings is 1. The van der Waals surface area contributed by atoms with Gasteiger partial charge in [-0.2, -0.15) is 0 Å². The summed E-state index contributed by atoms with van der Waals surface area (Å²) in [6, 6.07) is 7.27. The number of fused-ring (bicyclic) bond motifs is 1. The van der Waals surface area contributed by atoms with Crippen molar-refractivity contribution in [3.63, 3.8) is 0 Å². The molecule has 3 rings (SSSR count). The predicted molar refractivity (Wildman–Crippen MR) is 105 cm³/mol. The molecule has 1 aromatic carbocycles. The summed E-state index contributed by atoms with van der Waals surface area (Å²) in [5.74, 6) is 1.57. The highest BCUT2D eigenvalue weighted by molar-refractivity contribution is 6.31. The first-order chi connectivity index (χ1) is 13.0. The van der Waals surface area contributed by atoms with Crippen LogP contribution >= 0.6 is 11.6 Å². The van der Waals surface area contributed by atoms with Gasteiger partial charge in [-0.05, 0) is 61.9 Å². The fourth-order valence-electron chi connectivity index (χ4n) is 2.86.